The van der Waals surface area contributed by atoms with Gasteiger partial charge in [0.05, 0.1) is 11.0 Å². The van der Waals surface area contributed by atoms with Crippen LogP contribution in [0.3, 0.4) is 0 Å². The van der Waals surface area contributed by atoms with E-state index in [9.17, 15) is 13.2 Å². The van der Waals surface area contributed by atoms with E-state index in [1.54, 1.807) is 24.3 Å². The lowest BCUT2D eigenvalue weighted by Crippen LogP contribution is -2.48. The van der Waals surface area contributed by atoms with Gasteiger partial charge in [-0.3, -0.25) is 4.79 Å². The molecule has 2 N–H and O–H groups in total. The lowest BCUT2D eigenvalue weighted by Gasteiger charge is -2.19. The van der Waals surface area contributed by atoms with Crippen molar-refractivity contribution in [2.75, 3.05) is 13.2 Å². The molecule has 0 aliphatic carbocycles. The van der Waals surface area contributed by atoms with Crippen molar-refractivity contribution in [3.63, 3.8) is 0 Å². The molecule has 2 aromatic rings. The Morgan fingerprint density at radius 3 is 2.31 bits per heavy atom. The van der Waals surface area contributed by atoms with E-state index >= 15 is 0 Å². The second-order valence-electron chi connectivity index (χ2n) is 7.24. The van der Waals surface area contributed by atoms with Gasteiger partial charge in [-0.15, -0.1) is 0 Å². The fraction of sp³-hybridized carbons (Fsp3) is 0.409. The molecular formula is C22H30N2O4S. The zero-order valence-corrected chi connectivity index (χ0v) is 18.0. The van der Waals surface area contributed by atoms with Crippen molar-refractivity contribution < 1.29 is 17.9 Å². The molecule has 6 nitrogen and oxygen atoms in total. The van der Waals surface area contributed by atoms with E-state index in [1.165, 1.54) is 0 Å². The largest absolute Gasteiger partial charge is 0.379 e. The first-order chi connectivity index (χ1) is 13.8. The number of aryl methyl sites for hydroxylation is 1. The lowest BCUT2D eigenvalue weighted by molar-refractivity contribution is -0.122. The van der Waals surface area contributed by atoms with E-state index in [1.807, 2.05) is 51.1 Å². The summed E-state index contributed by atoms with van der Waals surface area (Å²) in [6, 6.07) is 15.0. The highest BCUT2D eigenvalue weighted by Gasteiger charge is 2.25. The Balaban J connectivity index is 2.08. The number of sulfonamides is 1. The summed E-state index contributed by atoms with van der Waals surface area (Å²) in [6.45, 7) is 6.75. The molecule has 0 aromatic heterocycles. The Labute approximate surface area is 173 Å². The highest BCUT2D eigenvalue weighted by molar-refractivity contribution is 7.89. The molecule has 1 amide bonds. The summed E-state index contributed by atoms with van der Waals surface area (Å²) in [7, 11) is -3.82. The molecule has 1 atom stereocenters. The van der Waals surface area contributed by atoms with Crippen LogP contribution < -0.4 is 10.0 Å². The van der Waals surface area contributed by atoms with Gasteiger partial charge in [-0.25, -0.2) is 8.42 Å². The molecule has 2 aromatic carbocycles. The summed E-state index contributed by atoms with van der Waals surface area (Å²) in [5.41, 5.74) is 1.84. The van der Waals surface area contributed by atoms with Gasteiger partial charge in [-0.2, -0.15) is 4.72 Å². The molecule has 0 spiro atoms. The lowest BCUT2D eigenvalue weighted by atomic mass is 10.1. The van der Waals surface area contributed by atoms with Crippen molar-refractivity contribution in [2.45, 2.75) is 50.7 Å². The first kappa shape index (κ1) is 23.1. The monoisotopic (exact) mass is 418 g/mol. The molecule has 0 heterocycles. The van der Waals surface area contributed by atoms with Crippen molar-refractivity contribution in [2.24, 2.45) is 0 Å². The minimum Gasteiger partial charge on any atom is -0.379 e. The molecule has 0 aliphatic heterocycles. The van der Waals surface area contributed by atoms with Crippen LogP contribution in [0.25, 0.3) is 0 Å². The molecule has 0 bridgehead atoms. The second-order valence-corrected chi connectivity index (χ2v) is 8.95. The summed E-state index contributed by atoms with van der Waals surface area (Å²) in [5.74, 6) is -0.353. The van der Waals surface area contributed by atoms with Crippen molar-refractivity contribution >= 4 is 15.9 Å². The number of nitrogens with one attached hydrogen (secondary N) is 2. The summed E-state index contributed by atoms with van der Waals surface area (Å²) in [5, 5.41) is 2.81. The highest BCUT2D eigenvalue weighted by Crippen LogP contribution is 2.12. The zero-order chi connectivity index (χ0) is 21.3. The number of carbonyl (C=O) groups is 1. The smallest absolute Gasteiger partial charge is 0.241 e. The maximum Gasteiger partial charge on any atom is 0.241 e. The van der Waals surface area contributed by atoms with Gasteiger partial charge in [0.1, 0.15) is 6.04 Å². The topological polar surface area (TPSA) is 84.5 Å². The predicted molar refractivity (Wildman–Crippen MR) is 114 cm³/mol. The van der Waals surface area contributed by atoms with E-state index in [4.69, 9.17) is 4.74 Å². The average Bonchev–Trinajstić information content (AvgIpc) is 2.68. The number of ether oxygens (including phenoxy) is 1. The Morgan fingerprint density at radius 1 is 1.03 bits per heavy atom. The highest BCUT2D eigenvalue weighted by atomic mass is 32.2. The van der Waals surface area contributed by atoms with Crippen LogP contribution in [0.2, 0.25) is 0 Å². The third-order valence-electron chi connectivity index (χ3n) is 4.30. The Hall–Kier alpha value is -2.22. The van der Waals surface area contributed by atoms with Gasteiger partial charge < -0.3 is 10.1 Å². The number of hydrogen-bond donors (Lipinski definition) is 2. The van der Waals surface area contributed by atoms with E-state index in [-0.39, 0.29) is 23.3 Å². The van der Waals surface area contributed by atoms with Crippen LogP contribution in [-0.4, -0.2) is 39.6 Å². The van der Waals surface area contributed by atoms with Crippen LogP contribution in [0.5, 0.6) is 0 Å². The molecule has 0 aliphatic rings. The number of benzene rings is 2. The predicted octanol–water partition coefficient (Wildman–Crippen LogP) is 2.82. The molecule has 0 radical (unpaired) electrons. The third-order valence-corrected chi connectivity index (χ3v) is 5.79. The van der Waals surface area contributed by atoms with Crippen LogP contribution in [0.4, 0.5) is 0 Å². The molecule has 0 unspecified atom stereocenters. The van der Waals surface area contributed by atoms with Gasteiger partial charge >= 0.3 is 0 Å². The summed E-state index contributed by atoms with van der Waals surface area (Å²) in [6.07, 6.45) is 1.06. The molecule has 2 rings (SSSR count). The van der Waals surface area contributed by atoms with Gasteiger partial charge in [0.2, 0.25) is 15.9 Å². The molecular weight excluding hydrogens is 388 g/mol. The molecule has 0 fully saturated rings. The zero-order valence-electron chi connectivity index (χ0n) is 17.2. The van der Waals surface area contributed by atoms with Gasteiger partial charge in [-0.1, -0.05) is 48.0 Å². The average molecular weight is 419 g/mol. The van der Waals surface area contributed by atoms with E-state index in [2.05, 4.69) is 10.0 Å². The van der Waals surface area contributed by atoms with Crippen molar-refractivity contribution in [1.29, 1.82) is 0 Å². The Morgan fingerprint density at radius 2 is 1.69 bits per heavy atom. The van der Waals surface area contributed by atoms with Crippen LogP contribution in [0.1, 0.15) is 31.4 Å². The van der Waals surface area contributed by atoms with Crippen LogP contribution in [-0.2, 0) is 26.0 Å². The quantitative estimate of drug-likeness (QED) is 0.550. The summed E-state index contributed by atoms with van der Waals surface area (Å²) >= 11 is 0. The number of hydrogen-bond acceptors (Lipinski definition) is 4. The first-order valence-corrected chi connectivity index (χ1v) is 11.3. The molecule has 29 heavy (non-hydrogen) atoms. The van der Waals surface area contributed by atoms with Gasteiger partial charge in [0.15, 0.2) is 0 Å². The van der Waals surface area contributed by atoms with Crippen molar-refractivity contribution in [3.8, 4) is 0 Å². The Bertz CT molecular complexity index is 865. The van der Waals surface area contributed by atoms with Crippen LogP contribution >= 0.6 is 0 Å². The number of rotatable bonds is 11. The molecule has 158 valence electrons. The van der Waals surface area contributed by atoms with Crippen LogP contribution in [0, 0.1) is 6.92 Å². The third kappa shape index (κ3) is 7.97. The van der Waals surface area contributed by atoms with Gasteiger partial charge in [0.25, 0.3) is 0 Å². The summed E-state index contributed by atoms with van der Waals surface area (Å²) in [4.78, 5) is 12.9. The second kappa shape index (κ2) is 11.1. The maximum absolute atomic E-state index is 12.8. The van der Waals surface area contributed by atoms with Crippen LogP contribution in [0.15, 0.2) is 59.5 Å². The summed E-state index contributed by atoms with van der Waals surface area (Å²) < 4.78 is 33.6. The molecule has 7 heteroatoms. The fourth-order valence-corrected chi connectivity index (χ4v) is 3.93. The van der Waals surface area contributed by atoms with Gasteiger partial charge in [0, 0.05) is 13.2 Å². The van der Waals surface area contributed by atoms with E-state index in [0.717, 1.165) is 11.1 Å². The van der Waals surface area contributed by atoms with Gasteiger partial charge in [-0.05, 0) is 51.3 Å². The molecule has 0 saturated carbocycles. The molecule has 0 saturated heterocycles. The Kier molecular flexibility index (Phi) is 8.82. The first-order valence-electron chi connectivity index (χ1n) is 9.80. The fourth-order valence-electron chi connectivity index (χ4n) is 2.74. The normalized spacial score (nSPS) is 12.7. The number of carbonyl (C=O) groups excluding carboxylic acids is 1. The number of amides is 1. The van der Waals surface area contributed by atoms with E-state index < -0.39 is 16.1 Å². The standard InChI is InChI=1S/C22H30N2O4S/c1-17(2)28-15-7-14-23-22(25)21(16-19-8-5-4-6-9-19)24-29(26,27)20-12-10-18(3)11-13-20/h4-6,8-13,17,21,24H,7,14-16H2,1-3H3,(H,23,25)/t21-/m1/s1. The minimum absolute atomic E-state index is 0.137. The van der Waals surface area contributed by atoms with E-state index in [0.29, 0.717) is 19.6 Å². The van der Waals surface area contributed by atoms with Crippen molar-refractivity contribution in [1.82, 2.24) is 10.0 Å². The maximum atomic E-state index is 12.8. The minimum atomic E-state index is -3.82. The van der Waals surface area contributed by atoms with Crippen molar-refractivity contribution in [3.05, 3.63) is 65.7 Å². The SMILES string of the molecule is Cc1ccc(S(=O)(=O)N[C@H](Cc2ccccc2)C(=O)NCCCOC(C)C)cc1.